The molecule has 0 saturated carbocycles. The molecule has 0 aromatic heterocycles. The number of hydrogen-bond donors (Lipinski definition) is 0. The third-order valence-corrected chi connectivity index (χ3v) is 1.69. The number of rotatable bonds is 2. The molecule has 2 nitrogen and oxygen atoms in total. The maximum atomic E-state index is 10.7. The van der Waals surface area contributed by atoms with E-state index in [1.54, 1.807) is 0 Å². The Morgan fingerprint density at radius 2 is 2.42 bits per heavy atom. The van der Waals surface area contributed by atoms with Crippen molar-refractivity contribution in [2.45, 2.75) is 6.42 Å². The smallest absolute Gasteiger partial charge is 0.330 e. The Morgan fingerprint density at radius 1 is 1.58 bits per heavy atom. The van der Waals surface area contributed by atoms with E-state index in [9.17, 15) is 4.79 Å². The Morgan fingerprint density at radius 3 is 3.00 bits per heavy atom. The van der Waals surface area contributed by atoms with E-state index in [0.717, 1.165) is 6.42 Å². The standard InChI is InChI=1S/C10H12O2/c1-12-10(11)8-7-9-5-3-2-4-6-9/h2-5,7-9H,6H2,1H3/b8-7+/t9-/m1/s1. The fraction of sp³-hybridized carbons (Fsp3) is 0.300. The molecule has 1 atom stereocenters. The van der Waals surface area contributed by atoms with Crippen LogP contribution in [0.2, 0.25) is 0 Å². The van der Waals surface area contributed by atoms with E-state index >= 15 is 0 Å². The number of allylic oxidation sites excluding steroid dienone is 5. The third-order valence-electron chi connectivity index (χ3n) is 1.69. The molecule has 0 bridgehead atoms. The topological polar surface area (TPSA) is 26.3 Å². The van der Waals surface area contributed by atoms with Crippen LogP contribution in [-0.4, -0.2) is 13.1 Å². The van der Waals surface area contributed by atoms with Gasteiger partial charge in [0.05, 0.1) is 7.11 Å². The van der Waals surface area contributed by atoms with Gasteiger partial charge in [-0.1, -0.05) is 30.4 Å². The van der Waals surface area contributed by atoms with Crippen LogP contribution in [0.25, 0.3) is 0 Å². The largest absolute Gasteiger partial charge is 0.466 e. The zero-order valence-corrected chi connectivity index (χ0v) is 7.07. The molecule has 0 fully saturated rings. The van der Waals surface area contributed by atoms with E-state index in [1.165, 1.54) is 13.2 Å². The molecule has 0 aromatic carbocycles. The highest BCUT2D eigenvalue weighted by molar-refractivity contribution is 5.81. The number of methoxy groups -OCH3 is 1. The summed E-state index contributed by atoms with van der Waals surface area (Å²) < 4.78 is 4.47. The molecule has 1 rings (SSSR count). The summed E-state index contributed by atoms with van der Waals surface area (Å²) >= 11 is 0. The molecule has 0 radical (unpaired) electrons. The summed E-state index contributed by atoms with van der Waals surface area (Å²) in [7, 11) is 1.38. The first kappa shape index (κ1) is 8.78. The number of hydrogen-bond acceptors (Lipinski definition) is 2. The first-order valence-electron chi connectivity index (χ1n) is 3.92. The van der Waals surface area contributed by atoms with E-state index in [0.29, 0.717) is 5.92 Å². The molecular weight excluding hydrogens is 152 g/mol. The van der Waals surface area contributed by atoms with Gasteiger partial charge in [-0.15, -0.1) is 0 Å². The van der Waals surface area contributed by atoms with Crippen LogP contribution in [0.5, 0.6) is 0 Å². The zero-order chi connectivity index (χ0) is 8.81. The molecule has 2 heteroatoms. The van der Waals surface area contributed by atoms with Gasteiger partial charge in [0.2, 0.25) is 0 Å². The predicted octanol–water partition coefficient (Wildman–Crippen LogP) is 1.85. The van der Waals surface area contributed by atoms with Crippen LogP contribution in [0.3, 0.4) is 0 Å². The Balaban J connectivity index is 2.41. The molecule has 64 valence electrons. The fourth-order valence-corrected chi connectivity index (χ4v) is 1.01. The minimum atomic E-state index is -0.294. The molecule has 0 unspecified atom stereocenters. The maximum Gasteiger partial charge on any atom is 0.330 e. The maximum absolute atomic E-state index is 10.7. The predicted molar refractivity (Wildman–Crippen MR) is 47.5 cm³/mol. The molecule has 0 amide bonds. The van der Waals surface area contributed by atoms with Gasteiger partial charge in [-0.3, -0.25) is 0 Å². The highest BCUT2D eigenvalue weighted by atomic mass is 16.5. The fourth-order valence-electron chi connectivity index (χ4n) is 1.01. The van der Waals surface area contributed by atoms with Crippen molar-refractivity contribution >= 4 is 5.97 Å². The van der Waals surface area contributed by atoms with Crippen LogP contribution < -0.4 is 0 Å². The van der Waals surface area contributed by atoms with Gasteiger partial charge >= 0.3 is 5.97 Å². The first-order valence-corrected chi connectivity index (χ1v) is 3.92. The van der Waals surface area contributed by atoms with Crippen molar-refractivity contribution in [1.29, 1.82) is 0 Å². The van der Waals surface area contributed by atoms with Crippen molar-refractivity contribution in [1.82, 2.24) is 0 Å². The number of carbonyl (C=O) groups is 1. The minimum absolute atomic E-state index is 0.294. The lowest BCUT2D eigenvalue weighted by molar-refractivity contribution is -0.134. The number of ether oxygens (including phenoxy) is 1. The van der Waals surface area contributed by atoms with Gasteiger partial charge in [0.25, 0.3) is 0 Å². The van der Waals surface area contributed by atoms with Gasteiger partial charge in [0, 0.05) is 6.08 Å². The summed E-state index contributed by atoms with van der Waals surface area (Å²) in [4.78, 5) is 10.7. The Bertz CT molecular complexity index is 236. The molecule has 0 aliphatic heterocycles. The Hall–Kier alpha value is -1.31. The van der Waals surface area contributed by atoms with Crippen molar-refractivity contribution in [2.75, 3.05) is 7.11 Å². The second-order valence-corrected chi connectivity index (χ2v) is 2.59. The van der Waals surface area contributed by atoms with E-state index in [-0.39, 0.29) is 5.97 Å². The van der Waals surface area contributed by atoms with Crippen molar-refractivity contribution in [3.05, 3.63) is 36.5 Å². The van der Waals surface area contributed by atoms with Crippen LogP contribution >= 0.6 is 0 Å². The lowest BCUT2D eigenvalue weighted by Crippen LogP contribution is -1.97. The van der Waals surface area contributed by atoms with Crippen LogP contribution in [0.1, 0.15) is 6.42 Å². The molecule has 0 N–H and O–H groups in total. The van der Waals surface area contributed by atoms with Crippen molar-refractivity contribution in [3.63, 3.8) is 0 Å². The van der Waals surface area contributed by atoms with Crippen molar-refractivity contribution in [3.8, 4) is 0 Å². The molecule has 0 spiro atoms. The second kappa shape index (κ2) is 4.54. The van der Waals surface area contributed by atoms with Crippen molar-refractivity contribution < 1.29 is 9.53 Å². The third kappa shape index (κ3) is 2.74. The van der Waals surface area contributed by atoms with Crippen LogP contribution in [-0.2, 0) is 9.53 Å². The van der Waals surface area contributed by atoms with E-state index in [4.69, 9.17) is 0 Å². The summed E-state index contributed by atoms with van der Waals surface area (Å²) in [6.07, 6.45) is 12.4. The van der Waals surface area contributed by atoms with Gasteiger partial charge in [-0.05, 0) is 12.3 Å². The number of esters is 1. The van der Waals surface area contributed by atoms with E-state index in [2.05, 4.69) is 16.9 Å². The molecule has 0 saturated heterocycles. The molecule has 12 heavy (non-hydrogen) atoms. The van der Waals surface area contributed by atoms with Crippen molar-refractivity contribution in [2.24, 2.45) is 5.92 Å². The molecular formula is C10H12O2. The molecule has 1 aliphatic rings. The molecule has 0 heterocycles. The lowest BCUT2D eigenvalue weighted by atomic mass is 10.0. The van der Waals surface area contributed by atoms with Gasteiger partial charge < -0.3 is 4.74 Å². The first-order chi connectivity index (χ1) is 5.83. The summed E-state index contributed by atoms with van der Waals surface area (Å²) in [5.74, 6) is 0.0482. The summed E-state index contributed by atoms with van der Waals surface area (Å²) in [5, 5.41) is 0. The summed E-state index contributed by atoms with van der Waals surface area (Å²) in [5.41, 5.74) is 0. The van der Waals surface area contributed by atoms with Crippen LogP contribution in [0.4, 0.5) is 0 Å². The SMILES string of the molecule is COC(=O)/C=C/[C@@H]1C=CC=CC1. The van der Waals surface area contributed by atoms with Gasteiger partial charge in [0.15, 0.2) is 0 Å². The highest BCUT2D eigenvalue weighted by Gasteiger charge is 2.00. The minimum Gasteiger partial charge on any atom is -0.466 e. The summed E-state index contributed by atoms with van der Waals surface area (Å²) in [6.45, 7) is 0. The van der Waals surface area contributed by atoms with Crippen LogP contribution in [0, 0.1) is 5.92 Å². The van der Waals surface area contributed by atoms with E-state index in [1.807, 2.05) is 18.2 Å². The van der Waals surface area contributed by atoms with Gasteiger partial charge in [-0.2, -0.15) is 0 Å². The van der Waals surface area contributed by atoms with E-state index < -0.39 is 0 Å². The average molecular weight is 164 g/mol. The van der Waals surface area contributed by atoms with Gasteiger partial charge in [0.1, 0.15) is 0 Å². The Kier molecular flexibility index (Phi) is 3.33. The number of carbonyl (C=O) groups excluding carboxylic acids is 1. The van der Waals surface area contributed by atoms with Gasteiger partial charge in [-0.25, -0.2) is 4.79 Å². The van der Waals surface area contributed by atoms with Crippen LogP contribution in [0.15, 0.2) is 36.5 Å². The average Bonchev–Trinajstić information content (AvgIpc) is 2.16. The quantitative estimate of drug-likeness (QED) is 0.460. The summed E-state index contributed by atoms with van der Waals surface area (Å²) in [6, 6.07) is 0. The highest BCUT2D eigenvalue weighted by Crippen LogP contribution is 2.12. The zero-order valence-electron chi connectivity index (χ0n) is 7.07. The molecule has 1 aliphatic carbocycles. The second-order valence-electron chi connectivity index (χ2n) is 2.59. The normalized spacial score (nSPS) is 21.6. The Labute approximate surface area is 72.2 Å². The lowest BCUT2D eigenvalue weighted by Gasteiger charge is -2.05. The monoisotopic (exact) mass is 164 g/mol. The molecule has 0 aromatic rings.